The van der Waals surface area contributed by atoms with Gasteiger partial charge in [-0.3, -0.25) is 0 Å². The van der Waals surface area contributed by atoms with Crippen molar-refractivity contribution < 1.29 is 20.4 Å². The average molecular weight is 206 g/mol. The van der Waals surface area contributed by atoms with Crippen molar-refractivity contribution in [1.82, 2.24) is 0 Å². The number of hydrogen-bond donors (Lipinski definition) is 4. The standard InChI is InChI=1S/C11H10O4/c1-5-2-3-6-9(10(5)14)7(12)4-8(13)11(6)15/h2-4,12-15H,1H3. The lowest BCUT2D eigenvalue weighted by Gasteiger charge is -2.09. The van der Waals surface area contributed by atoms with E-state index in [0.29, 0.717) is 5.56 Å². The predicted octanol–water partition coefficient (Wildman–Crippen LogP) is 1.97. The second-order valence-corrected chi connectivity index (χ2v) is 3.42. The van der Waals surface area contributed by atoms with Gasteiger partial charge in [-0.25, -0.2) is 0 Å². The van der Waals surface area contributed by atoms with E-state index in [1.54, 1.807) is 13.0 Å². The van der Waals surface area contributed by atoms with E-state index < -0.39 is 5.75 Å². The molecule has 2 rings (SSSR count). The highest BCUT2D eigenvalue weighted by Crippen LogP contribution is 2.44. The van der Waals surface area contributed by atoms with E-state index in [2.05, 4.69) is 0 Å². The molecule has 15 heavy (non-hydrogen) atoms. The molecule has 0 heterocycles. The fourth-order valence-electron chi connectivity index (χ4n) is 1.56. The van der Waals surface area contributed by atoms with Crippen molar-refractivity contribution in [1.29, 1.82) is 0 Å². The summed E-state index contributed by atoms with van der Waals surface area (Å²) in [6, 6.07) is 4.12. The summed E-state index contributed by atoms with van der Waals surface area (Å²) in [6.07, 6.45) is 0. The Hall–Kier alpha value is -2.10. The van der Waals surface area contributed by atoms with Gasteiger partial charge in [0.25, 0.3) is 0 Å². The molecule has 0 bridgehead atoms. The van der Waals surface area contributed by atoms with Crippen LogP contribution >= 0.6 is 0 Å². The van der Waals surface area contributed by atoms with Crippen LogP contribution < -0.4 is 0 Å². The molecule has 4 heteroatoms. The summed E-state index contributed by atoms with van der Waals surface area (Å²) in [4.78, 5) is 0. The van der Waals surface area contributed by atoms with E-state index in [0.717, 1.165) is 6.07 Å². The first-order valence-corrected chi connectivity index (χ1v) is 4.38. The summed E-state index contributed by atoms with van der Waals surface area (Å²) >= 11 is 0. The number of rotatable bonds is 0. The van der Waals surface area contributed by atoms with Crippen LogP contribution in [0.4, 0.5) is 0 Å². The molecular weight excluding hydrogens is 196 g/mol. The van der Waals surface area contributed by atoms with Crippen LogP contribution in [0.15, 0.2) is 18.2 Å². The number of aromatic hydroxyl groups is 4. The molecular formula is C11H10O4. The van der Waals surface area contributed by atoms with Crippen LogP contribution in [0.1, 0.15) is 5.56 Å². The molecule has 0 saturated carbocycles. The molecule has 2 aromatic carbocycles. The molecule has 4 nitrogen and oxygen atoms in total. The molecule has 2 aromatic rings. The van der Waals surface area contributed by atoms with Crippen molar-refractivity contribution in [3.63, 3.8) is 0 Å². The van der Waals surface area contributed by atoms with Gasteiger partial charge in [0.15, 0.2) is 11.5 Å². The Kier molecular flexibility index (Phi) is 1.86. The molecule has 0 fully saturated rings. The van der Waals surface area contributed by atoms with E-state index >= 15 is 0 Å². The summed E-state index contributed by atoms with van der Waals surface area (Å²) < 4.78 is 0. The number of fused-ring (bicyclic) bond motifs is 1. The maximum atomic E-state index is 9.70. The second-order valence-electron chi connectivity index (χ2n) is 3.42. The van der Waals surface area contributed by atoms with E-state index in [9.17, 15) is 20.4 Å². The lowest BCUT2D eigenvalue weighted by Crippen LogP contribution is -1.81. The van der Waals surface area contributed by atoms with Crippen LogP contribution in [0.5, 0.6) is 23.0 Å². The van der Waals surface area contributed by atoms with Crippen LogP contribution in [0, 0.1) is 6.92 Å². The molecule has 0 unspecified atom stereocenters. The Morgan fingerprint density at radius 3 is 2.20 bits per heavy atom. The third kappa shape index (κ3) is 1.22. The molecule has 0 amide bonds. The van der Waals surface area contributed by atoms with Crippen molar-refractivity contribution in [2.24, 2.45) is 0 Å². The Bertz CT molecular complexity index is 546. The highest BCUT2D eigenvalue weighted by Gasteiger charge is 2.14. The molecule has 4 N–H and O–H groups in total. The zero-order chi connectivity index (χ0) is 11.2. The lowest BCUT2D eigenvalue weighted by atomic mass is 10.0. The topological polar surface area (TPSA) is 80.9 Å². The van der Waals surface area contributed by atoms with E-state index in [1.807, 2.05) is 0 Å². The van der Waals surface area contributed by atoms with Crippen LogP contribution in [0.25, 0.3) is 10.8 Å². The monoisotopic (exact) mass is 206 g/mol. The summed E-state index contributed by atoms with van der Waals surface area (Å²) in [5, 5.41) is 38.4. The minimum Gasteiger partial charge on any atom is -0.507 e. The maximum absolute atomic E-state index is 9.70. The third-order valence-electron chi connectivity index (χ3n) is 2.41. The quantitative estimate of drug-likeness (QED) is 0.392. The third-order valence-corrected chi connectivity index (χ3v) is 2.41. The summed E-state index contributed by atoms with van der Waals surface area (Å²) in [7, 11) is 0. The summed E-state index contributed by atoms with van der Waals surface area (Å²) in [5.41, 5.74) is 0.586. The zero-order valence-electron chi connectivity index (χ0n) is 8.02. The van der Waals surface area contributed by atoms with Crippen molar-refractivity contribution in [2.75, 3.05) is 0 Å². The molecule has 0 atom stereocenters. The summed E-state index contributed by atoms with van der Waals surface area (Å²) in [5.74, 6) is -1.12. The van der Waals surface area contributed by atoms with Crippen LogP contribution in [-0.2, 0) is 0 Å². The van der Waals surface area contributed by atoms with Gasteiger partial charge in [0.1, 0.15) is 11.5 Å². The molecule has 0 aliphatic carbocycles. The smallest absolute Gasteiger partial charge is 0.165 e. The molecule has 0 saturated heterocycles. The molecule has 0 aromatic heterocycles. The SMILES string of the molecule is Cc1ccc2c(O)c(O)cc(O)c2c1O. The minimum atomic E-state index is -0.414. The van der Waals surface area contributed by atoms with Gasteiger partial charge in [-0.05, 0) is 18.6 Å². The van der Waals surface area contributed by atoms with Gasteiger partial charge in [-0.15, -0.1) is 0 Å². The van der Waals surface area contributed by atoms with Gasteiger partial charge >= 0.3 is 0 Å². The minimum absolute atomic E-state index is 0.0969. The zero-order valence-corrected chi connectivity index (χ0v) is 8.02. The second kappa shape index (κ2) is 2.95. The van der Waals surface area contributed by atoms with Gasteiger partial charge in [0.05, 0.1) is 5.39 Å². The van der Waals surface area contributed by atoms with Crippen molar-refractivity contribution in [3.05, 3.63) is 23.8 Å². The van der Waals surface area contributed by atoms with Gasteiger partial charge < -0.3 is 20.4 Å². The first kappa shape index (κ1) is 9.45. The lowest BCUT2D eigenvalue weighted by molar-refractivity contribution is 0.401. The Morgan fingerprint density at radius 1 is 0.867 bits per heavy atom. The molecule has 78 valence electrons. The Labute approximate surface area is 85.7 Å². The Morgan fingerprint density at radius 2 is 1.53 bits per heavy atom. The van der Waals surface area contributed by atoms with Gasteiger partial charge in [0, 0.05) is 11.5 Å². The van der Waals surface area contributed by atoms with Crippen LogP contribution in [-0.4, -0.2) is 20.4 Å². The van der Waals surface area contributed by atoms with Crippen LogP contribution in [0.2, 0.25) is 0 Å². The predicted molar refractivity (Wildman–Crippen MR) is 55.3 cm³/mol. The molecule has 0 radical (unpaired) electrons. The fourth-order valence-corrected chi connectivity index (χ4v) is 1.56. The normalized spacial score (nSPS) is 10.7. The van der Waals surface area contributed by atoms with E-state index in [-0.39, 0.29) is 28.0 Å². The number of phenolic OH excluding ortho intramolecular Hbond substituents is 4. The molecule has 0 aliphatic heterocycles. The van der Waals surface area contributed by atoms with Gasteiger partial charge in [-0.2, -0.15) is 0 Å². The number of hydrogen-bond acceptors (Lipinski definition) is 4. The molecule has 0 spiro atoms. The van der Waals surface area contributed by atoms with E-state index in [4.69, 9.17) is 0 Å². The van der Waals surface area contributed by atoms with Crippen molar-refractivity contribution in [3.8, 4) is 23.0 Å². The number of aryl methyl sites for hydroxylation is 1. The van der Waals surface area contributed by atoms with Crippen LogP contribution in [0.3, 0.4) is 0 Å². The largest absolute Gasteiger partial charge is 0.507 e. The van der Waals surface area contributed by atoms with Gasteiger partial charge in [-0.1, -0.05) is 6.07 Å². The first-order valence-electron chi connectivity index (χ1n) is 4.38. The highest BCUT2D eigenvalue weighted by molar-refractivity contribution is 5.99. The maximum Gasteiger partial charge on any atom is 0.165 e. The number of phenols is 4. The van der Waals surface area contributed by atoms with Crippen molar-refractivity contribution >= 4 is 10.8 Å². The van der Waals surface area contributed by atoms with E-state index in [1.165, 1.54) is 6.07 Å². The average Bonchev–Trinajstić information content (AvgIpc) is 2.18. The fraction of sp³-hybridized carbons (Fsp3) is 0.0909. The highest BCUT2D eigenvalue weighted by atomic mass is 16.3. The number of benzene rings is 2. The summed E-state index contributed by atoms with van der Waals surface area (Å²) in [6.45, 7) is 1.68. The molecule has 0 aliphatic rings. The Balaban J connectivity index is 3.03. The first-order chi connectivity index (χ1) is 7.02. The van der Waals surface area contributed by atoms with Gasteiger partial charge in [0.2, 0.25) is 0 Å². The van der Waals surface area contributed by atoms with Crippen molar-refractivity contribution in [2.45, 2.75) is 6.92 Å².